The van der Waals surface area contributed by atoms with Crippen molar-refractivity contribution in [3.8, 4) is 0 Å². The van der Waals surface area contributed by atoms with Crippen LogP contribution >= 0.6 is 0 Å². The average Bonchev–Trinajstić information content (AvgIpc) is 2.74. The Kier molecular flexibility index (Phi) is 6.36. The van der Waals surface area contributed by atoms with Crippen LogP contribution in [0.5, 0.6) is 0 Å². The van der Waals surface area contributed by atoms with E-state index < -0.39 is 11.0 Å². The van der Waals surface area contributed by atoms with Crippen molar-refractivity contribution < 1.29 is 14.8 Å². The van der Waals surface area contributed by atoms with E-state index in [4.69, 9.17) is 10.1 Å². The molecule has 3 rings (SSSR count). The minimum absolute atomic E-state index is 0.0285. The number of carbonyl (C=O) groups is 1. The first-order chi connectivity index (χ1) is 14.0. The Morgan fingerprint density at radius 1 is 1.24 bits per heavy atom. The Balaban J connectivity index is 2.01. The molecule has 0 fully saturated rings. The van der Waals surface area contributed by atoms with Crippen molar-refractivity contribution in [3.63, 3.8) is 0 Å². The molecule has 29 heavy (non-hydrogen) atoms. The number of aliphatic hydroxyl groups is 1. The van der Waals surface area contributed by atoms with E-state index in [0.29, 0.717) is 11.4 Å². The van der Waals surface area contributed by atoms with Crippen LogP contribution in [-0.2, 0) is 4.79 Å². The summed E-state index contributed by atoms with van der Waals surface area (Å²) in [6, 6.07) is 15.3. The molecule has 2 aromatic carbocycles. The smallest absolute Gasteiger partial charge is 0.269 e. The van der Waals surface area contributed by atoms with Gasteiger partial charge in [0.25, 0.3) is 5.69 Å². The number of carbonyl (C=O) groups excluding carboxylic acids is 1. The van der Waals surface area contributed by atoms with Crippen LogP contribution in [0.1, 0.15) is 30.5 Å². The van der Waals surface area contributed by atoms with E-state index in [0.717, 1.165) is 16.8 Å². The average molecular weight is 394 g/mol. The lowest BCUT2D eigenvalue weighted by molar-refractivity contribution is -0.384. The standard InChI is InChI=1S/C21H22N4O4/c1-14-18(13-19(27)22-10-11-26)20(16-8-5-9-17(12-16)25(28)29)24-21(23-14)15-6-3-2-4-7-15/h2-9,12,20,26H,10-11,13H2,1H3,(H,22,27)(H,23,24). The minimum Gasteiger partial charge on any atom is -0.395 e. The number of nitrogens with zero attached hydrogens (tertiary/aromatic N) is 2. The molecule has 1 aliphatic heterocycles. The molecular weight excluding hydrogens is 372 g/mol. The zero-order chi connectivity index (χ0) is 20.8. The van der Waals surface area contributed by atoms with Crippen LogP contribution in [-0.4, -0.2) is 34.9 Å². The summed E-state index contributed by atoms with van der Waals surface area (Å²) in [6.45, 7) is 1.88. The van der Waals surface area contributed by atoms with Crippen LogP contribution in [0.3, 0.4) is 0 Å². The maximum atomic E-state index is 12.3. The molecule has 1 amide bonds. The summed E-state index contributed by atoms with van der Waals surface area (Å²) in [6.07, 6.45) is 0.0672. The molecule has 0 spiro atoms. The van der Waals surface area contributed by atoms with Crippen molar-refractivity contribution >= 4 is 17.4 Å². The Morgan fingerprint density at radius 3 is 2.69 bits per heavy atom. The van der Waals surface area contributed by atoms with Crippen LogP contribution in [0.4, 0.5) is 5.69 Å². The highest BCUT2D eigenvalue weighted by molar-refractivity contribution is 6.01. The minimum atomic E-state index is -0.536. The van der Waals surface area contributed by atoms with Crippen molar-refractivity contribution in [3.05, 3.63) is 87.1 Å². The summed E-state index contributed by atoms with van der Waals surface area (Å²) in [5, 5.41) is 26.0. The van der Waals surface area contributed by atoms with E-state index in [2.05, 4.69) is 10.6 Å². The summed E-state index contributed by atoms with van der Waals surface area (Å²) in [5.74, 6) is 0.392. The van der Waals surface area contributed by atoms with Gasteiger partial charge in [-0.1, -0.05) is 42.5 Å². The van der Waals surface area contributed by atoms with Crippen LogP contribution in [0.25, 0.3) is 0 Å². The van der Waals surface area contributed by atoms with Crippen LogP contribution < -0.4 is 10.6 Å². The highest BCUT2D eigenvalue weighted by Crippen LogP contribution is 2.34. The van der Waals surface area contributed by atoms with E-state index in [-0.39, 0.29) is 31.2 Å². The first-order valence-electron chi connectivity index (χ1n) is 9.21. The maximum absolute atomic E-state index is 12.3. The number of aliphatic imine (C=N–C) groups is 1. The predicted octanol–water partition coefficient (Wildman–Crippen LogP) is 2.46. The molecule has 8 nitrogen and oxygen atoms in total. The molecule has 0 aliphatic carbocycles. The largest absolute Gasteiger partial charge is 0.395 e. The summed E-state index contributed by atoms with van der Waals surface area (Å²) in [5.41, 5.74) is 2.99. The number of allylic oxidation sites excluding steroid dienone is 1. The van der Waals surface area contributed by atoms with Gasteiger partial charge in [-0.25, -0.2) is 0 Å². The third-order valence-corrected chi connectivity index (χ3v) is 4.60. The molecule has 2 aromatic rings. The lowest BCUT2D eigenvalue weighted by atomic mass is 9.92. The molecule has 150 valence electrons. The number of nitro groups is 1. The molecule has 8 heteroatoms. The van der Waals surface area contributed by atoms with Gasteiger partial charge in [-0.15, -0.1) is 0 Å². The quantitative estimate of drug-likeness (QED) is 0.493. The molecule has 0 saturated heterocycles. The zero-order valence-corrected chi connectivity index (χ0v) is 16.0. The number of nitro benzene ring substituents is 1. The van der Waals surface area contributed by atoms with Gasteiger partial charge in [0.15, 0.2) is 0 Å². The number of benzene rings is 2. The molecule has 1 aliphatic rings. The molecule has 1 heterocycles. The van der Waals surface area contributed by atoms with Gasteiger partial charge in [0.1, 0.15) is 11.9 Å². The molecule has 3 N–H and O–H groups in total. The van der Waals surface area contributed by atoms with Gasteiger partial charge in [0.2, 0.25) is 5.91 Å². The summed E-state index contributed by atoms with van der Waals surface area (Å²) < 4.78 is 0. The number of non-ortho nitro benzene ring substituents is 1. The van der Waals surface area contributed by atoms with Crippen molar-refractivity contribution in [2.75, 3.05) is 13.2 Å². The fraction of sp³-hybridized carbons (Fsp3) is 0.238. The van der Waals surface area contributed by atoms with E-state index >= 15 is 0 Å². The van der Waals surface area contributed by atoms with Crippen molar-refractivity contribution in [2.24, 2.45) is 4.99 Å². The predicted molar refractivity (Wildman–Crippen MR) is 109 cm³/mol. The number of amides is 1. The highest BCUT2D eigenvalue weighted by atomic mass is 16.6. The highest BCUT2D eigenvalue weighted by Gasteiger charge is 2.27. The van der Waals surface area contributed by atoms with Crippen molar-refractivity contribution in [1.82, 2.24) is 10.6 Å². The van der Waals surface area contributed by atoms with Crippen LogP contribution in [0.15, 0.2) is 70.9 Å². The van der Waals surface area contributed by atoms with Crippen molar-refractivity contribution in [2.45, 2.75) is 19.4 Å². The monoisotopic (exact) mass is 394 g/mol. The summed E-state index contributed by atoms with van der Waals surface area (Å²) in [4.78, 5) is 27.8. The lowest BCUT2D eigenvalue weighted by Crippen LogP contribution is -2.33. The topological polar surface area (TPSA) is 117 Å². The Morgan fingerprint density at radius 2 is 2.00 bits per heavy atom. The Bertz CT molecular complexity index is 970. The lowest BCUT2D eigenvalue weighted by Gasteiger charge is -2.27. The number of aliphatic hydroxyl groups excluding tert-OH is 1. The Labute approximate surface area is 168 Å². The van der Waals surface area contributed by atoms with Gasteiger partial charge in [0, 0.05) is 29.9 Å². The zero-order valence-electron chi connectivity index (χ0n) is 16.0. The fourth-order valence-electron chi connectivity index (χ4n) is 3.19. The number of amidine groups is 1. The number of nitrogens with one attached hydrogen (secondary N) is 2. The molecule has 1 atom stereocenters. The summed E-state index contributed by atoms with van der Waals surface area (Å²) >= 11 is 0. The van der Waals surface area contributed by atoms with E-state index in [1.807, 2.05) is 37.3 Å². The fourth-order valence-corrected chi connectivity index (χ4v) is 3.19. The third-order valence-electron chi connectivity index (χ3n) is 4.60. The molecule has 0 aromatic heterocycles. The van der Waals surface area contributed by atoms with Gasteiger partial charge < -0.3 is 15.7 Å². The second-order valence-corrected chi connectivity index (χ2v) is 6.62. The molecule has 0 radical (unpaired) electrons. The van der Waals surface area contributed by atoms with Crippen LogP contribution in [0.2, 0.25) is 0 Å². The molecule has 1 unspecified atom stereocenters. The van der Waals surface area contributed by atoms with Gasteiger partial charge >= 0.3 is 0 Å². The van der Waals surface area contributed by atoms with Crippen molar-refractivity contribution in [1.29, 1.82) is 0 Å². The second kappa shape index (κ2) is 9.11. The van der Waals surface area contributed by atoms with Gasteiger partial charge in [-0.3, -0.25) is 19.9 Å². The number of hydrogen-bond donors (Lipinski definition) is 3. The Hall–Kier alpha value is -3.52. The number of rotatable bonds is 7. The first kappa shape index (κ1) is 20.2. The normalized spacial score (nSPS) is 16.1. The second-order valence-electron chi connectivity index (χ2n) is 6.62. The SMILES string of the molecule is CC1=C(CC(=O)NCCO)C(c2cccc([N+](=O)[O-])c2)N=C(c2ccccc2)N1. The van der Waals surface area contributed by atoms with E-state index in [9.17, 15) is 14.9 Å². The maximum Gasteiger partial charge on any atom is 0.269 e. The third kappa shape index (κ3) is 4.85. The van der Waals surface area contributed by atoms with Gasteiger partial charge in [-0.05, 0) is 18.1 Å². The van der Waals surface area contributed by atoms with Crippen LogP contribution in [0, 0.1) is 10.1 Å². The number of hydrogen-bond acceptors (Lipinski definition) is 6. The first-order valence-corrected chi connectivity index (χ1v) is 9.21. The molecule has 0 bridgehead atoms. The van der Waals surface area contributed by atoms with Gasteiger partial charge in [-0.2, -0.15) is 0 Å². The summed E-state index contributed by atoms with van der Waals surface area (Å²) in [7, 11) is 0. The van der Waals surface area contributed by atoms with Gasteiger partial charge in [0.05, 0.1) is 18.0 Å². The molecule has 0 saturated carbocycles. The van der Waals surface area contributed by atoms with E-state index in [1.54, 1.807) is 12.1 Å². The van der Waals surface area contributed by atoms with E-state index in [1.165, 1.54) is 12.1 Å². The molecular formula is C21H22N4O4.